The second-order valence-corrected chi connectivity index (χ2v) is 8.94. The van der Waals surface area contributed by atoms with E-state index in [1.165, 1.54) is 28.0 Å². The zero-order valence-corrected chi connectivity index (χ0v) is 18.9. The van der Waals surface area contributed by atoms with Gasteiger partial charge in [-0.05, 0) is 85.1 Å². The van der Waals surface area contributed by atoms with Gasteiger partial charge in [-0.2, -0.15) is 0 Å². The molecule has 2 aromatic carbocycles. The van der Waals surface area contributed by atoms with Gasteiger partial charge < -0.3 is 14.8 Å². The maximum Gasteiger partial charge on any atom is 0.123 e. The first-order valence-electron chi connectivity index (χ1n) is 11.7. The van der Waals surface area contributed by atoms with Crippen LogP contribution in [0, 0.1) is 11.8 Å². The number of fused-ring (bicyclic) bond motifs is 1. The van der Waals surface area contributed by atoms with Crippen molar-refractivity contribution >= 4 is 12.0 Å². The van der Waals surface area contributed by atoms with E-state index in [1.807, 2.05) is 24.3 Å². The van der Waals surface area contributed by atoms with E-state index >= 15 is 0 Å². The summed E-state index contributed by atoms with van der Waals surface area (Å²) in [5.74, 6) is 1.18. The van der Waals surface area contributed by atoms with Crippen LogP contribution >= 0.6 is 0 Å². The van der Waals surface area contributed by atoms with Crippen LogP contribution in [0.4, 0.5) is 5.69 Å². The molecule has 3 heteroatoms. The molecule has 0 radical (unpaired) electrons. The first-order chi connectivity index (χ1) is 15.6. The monoisotopic (exact) mass is 427 g/mol. The van der Waals surface area contributed by atoms with Gasteiger partial charge in [0.1, 0.15) is 12.0 Å². The van der Waals surface area contributed by atoms with Gasteiger partial charge in [-0.15, -0.1) is 0 Å². The lowest BCUT2D eigenvalue weighted by molar-refractivity contribution is -0.111. The Balaban J connectivity index is 1.67. The molecule has 0 spiro atoms. The highest BCUT2D eigenvalue weighted by atomic mass is 16.3. The molecule has 2 aromatic rings. The molecule has 3 nitrogen and oxygen atoms in total. The first kappa shape index (κ1) is 22.1. The van der Waals surface area contributed by atoms with Gasteiger partial charge in [-0.1, -0.05) is 49.1 Å². The predicted octanol–water partition coefficient (Wildman–Crippen LogP) is 6.19. The molecular weight excluding hydrogens is 394 g/mol. The molecule has 2 unspecified atom stereocenters. The quantitative estimate of drug-likeness (QED) is 0.441. The van der Waals surface area contributed by atoms with Crippen molar-refractivity contribution in [2.75, 3.05) is 18.0 Å². The van der Waals surface area contributed by atoms with E-state index in [4.69, 9.17) is 0 Å². The number of aldehydes is 1. The van der Waals surface area contributed by atoms with E-state index in [9.17, 15) is 9.90 Å². The minimum absolute atomic E-state index is 0.212. The standard InChI is InChI=1S/C29H33NO2/c1-3-5-6-22(4-2)27-13-9-24-19-26(32)12-14-28(24)29(27)23-7-10-25(11-8-23)30-17-15-21(20-31)16-18-30/h3-8,10-12,14,19-21,27,29,32H,1,9,13,15-18H2,2H3/b6-5-,22-4+. The fraction of sp³-hybridized carbons (Fsp3) is 0.345. The van der Waals surface area contributed by atoms with Gasteiger partial charge in [-0.25, -0.2) is 0 Å². The average Bonchev–Trinajstić information content (AvgIpc) is 2.84. The number of phenolic OH excluding ortho intramolecular Hbond substituents is 1. The number of hydrogen-bond acceptors (Lipinski definition) is 3. The highest BCUT2D eigenvalue weighted by Gasteiger charge is 2.32. The van der Waals surface area contributed by atoms with Crippen LogP contribution in [0.25, 0.3) is 0 Å². The third kappa shape index (κ3) is 4.57. The minimum Gasteiger partial charge on any atom is -0.508 e. The summed E-state index contributed by atoms with van der Waals surface area (Å²) in [5, 5.41) is 10.0. The minimum atomic E-state index is 0.212. The number of nitrogens with zero attached hydrogens (tertiary/aromatic N) is 1. The fourth-order valence-corrected chi connectivity index (χ4v) is 5.38. The van der Waals surface area contributed by atoms with Crippen LogP contribution in [-0.4, -0.2) is 24.5 Å². The van der Waals surface area contributed by atoms with Gasteiger partial charge in [0.05, 0.1) is 0 Å². The molecule has 32 heavy (non-hydrogen) atoms. The molecule has 1 N–H and O–H groups in total. The van der Waals surface area contributed by atoms with Crippen molar-refractivity contribution < 1.29 is 9.90 Å². The van der Waals surface area contributed by atoms with Crippen LogP contribution in [0.15, 0.2) is 78.9 Å². The number of carbonyl (C=O) groups excluding carboxylic acids is 1. The summed E-state index contributed by atoms with van der Waals surface area (Å²) < 4.78 is 0. The molecule has 0 saturated carbocycles. The van der Waals surface area contributed by atoms with Gasteiger partial charge in [0.2, 0.25) is 0 Å². The lowest BCUT2D eigenvalue weighted by Gasteiger charge is -2.36. The Morgan fingerprint density at radius 2 is 1.84 bits per heavy atom. The van der Waals surface area contributed by atoms with Crippen molar-refractivity contribution in [1.29, 1.82) is 0 Å². The van der Waals surface area contributed by atoms with E-state index in [-0.39, 0.29) is 11.8 Å². The van der Waals surface area contributed by atoms with E-state index < -0.39 is 0 Å². The second kappa shape index (κ2) is 10.0. The summed E-state index contributed by atoms with van der Waals surface area (Å²) >= 11 is 0. The lowest BCUT2D eigenvalue weighted by atomic mass is 9.69. The smallest absolute Gasteiger partial charge is 0.123 e. The second-order valence-electron chi connectivity index (χ2n) is 8.94. The predicted molar refractivity (Wildman–Crippen MR) is 132 cm³/mol. The van der Waals surface area contributed by atoms with Gasteiger partial charge in [0, 0.05) is 30.6 Å². The Kier molecular flexibility index (Phi) is 6.94. The Morgan fingerprint density at radius 3 is 2.50 bits per heavy atom. The molecule has 1 heterocycles. The molecule has 166 valence electrons. The number of anilines is 1. The van der Waals surface area contributed by atoms with Crippen LogP contribution < -0.4 is 4.90 Å². The van der Waals surface area contributed by atoms with Crippen molar-refractivity contribution in [3.8, 4) is 5.75 Å². The zero-order chi connectivity index (χ0) is 22.5. The molecule has 0 aromatic heterocycles. The number of hydrogen-bond donors (Lipinski definition) is 1. The van der Waals surface area contributed by atoms with E-state index in [0.29, 0.717) is 11.7 Å². The number of benzene rings is 2. The summed E-state index contributed by atoms with van der Waals surface area (Å²) in [6, 6.07) is 14.8. The van der Waals surface area contributed by atoms with Gasteiger partial charge in [0.15, 0.2) is 0 Å². The molecule has 1 saturated heterocycles. The van der Waals surface area contributed by atoms with Crippen LogP contribution in [0.5, 0.6) is 5.75 Å². The summed E-state index contributed by atoms with van der Waals surface area (Å²) in [6.45, 7) is 7.82. The molecule has 2 atom stereocenters. The van der Waals surface area contributed by atoms with Gasteiger partial charge in [0.25, 0.3) is 0 Å². The van der Waals surface area contributed by atoms with Crippen molar-refractivity contribution in [3.05, 3.63) is 95.6 Å². The topological polar surface area (TPSA) is 40.5 Å². The number of phenols is 1. The first-order valence-corrected chi connectivity index (χ1v) is 11.7. The maximum atomic E-state index is 11.1. The Morgan fingerprint density at radius 1 is 1.09 bits per heavy atom. The average molecular weight is 428 g/mol. The summed E-state index contributed by atoms with van der Waals surface area (Å²) in [5.41, 5.74) is 6.42. The summed E-state index contributed by atoms with van der Waals surface area (Å²) in [6.07, 6.45) is 13.2. The molecule has 4 rings (SSSR count). The van der Waals surface area contributed by atoms with Crippen LogP contribution in [0.2, 0.25) is 0 Å². The van der Waals surface area contributed by atoms with Crippen LogP contribution in [0.3, 0.4) is 0 Å². The largest absolute Gasteiger partial charge is 0.508 e. The molecule has 2 aliphatic rings. The molecule has 1 fully saturated rings. The highest BCUT2D eigenvalue weighted by molar-refractivity contribution is 5.56. The zero-order valence-electron chi connectivity index (χ0n) is 18.9. The third-order valence-electron chi connectivity index (χ3n) is 7.12. The van der Waals surface area contributed by atoms with E-state index in [1.54, 1.807) is 0 Å². The summed E-state index contributed by atoms with van der Waals surface area (Å²) in [7, 11) is 0. The van der Waals surface area contributed by atoms with Crippen molar-refractivity contribution in [2.45, 2.75) is 38.5 Å². The Hall–Kier alpha value is -3.07. The van der Waals surface area contributed by atoms with Crippen molar-refractivity contribution in [3.63, 3.8) is 0 Å². The van der Waals surface area contributed by atoms with E-state index in [0.717, 1.165) is 45.1 Å². The molecule has 1 aliphatic carbocycles. The van der Waals surface area contributed by atoms with Crippen LogP contribution in [0.1, 0.15) is 48.8 Å². The van der Waals surface area contributed by atoms with Gasteiger partial charge >= 0.3 is 0 Å². The van der Waals surface area contributed by atoms with Crippen molar-refractivity contribution in [2.24, 2.45) is 11.8 Å². The van der Waals surface area contributed by atoms with Crippen LogP contribution in [-0.2, 0) is 11.2 Å². The SMILES string of the molecule is C=C/C=C\C(=C/C)C1CCc2cc(O)ccc2C1c1ccc(N2CCC(C=O)CC2)cc1. The lowest BCUT2D eigenvalue weighted by Crippen LogP contribution is -2.34. The molecule has 0 bridgehead atoms. The van der Waals surface area contributed by atoms with Gasteiger partial charge in [-0.3, -0.25) is 0 Å². The number of allylic oxidation sites excluding steroid dienone is 5. The number of aryl methyl sites for hydroxylation is 1. The third-order valence-corrected chi connectivity index (χ3v) is 7.12. The Labute approximate surface area is 191 Å². The number of carbonyl (C=O) groups is 1. The normalized spacial score (nSPS) is 22.0. The number of rotatable bonds is 6. The molecule has 1 aliphatic heterocycles. The van der Waals surface area contributed by atoms with Crippen molar-refractivity contribution in [1.82, 2.24) is 0 Å². The molecular formula is C29H33NO2. The van der Waals surface area contributed by atoms with E-state index in [2.05, 4.69) is 60.9 Å². The summed E-state index contributed by atoms with van der Waals surface area (Å²) in [4.78, 5) is 13.5. The Bertz CT molecular complexity index is 1010. The number of piperidine rings is 1. The molecule has 0 amide bonds. The fourth-order valence-electron chi connectivity index (χ4n) is 5.38. The number of aromatic hydroxyl groups is 1. The maximum absolute atomic E-state index is 11.1. The highest BCUT2D eigenvalue weighted by Crippen LogP contribution is 2.45.